The van der Waals surface area contributed by atoms with Gasteiger partial charge in [0.25, 0.3) is 10.2 Å². The molecule has 1 aliphatic heterocycles. The fourth-order valence-corrected chi connectivity index (χ4v) is 5.64. The lowest BCUT2D eigenvalue weighted by molar-refractivity contribution is -0.115. The lowest BCUT2D eigenvalue weighted by Crippen LogP contribution is -2.45. The molecule has 0 spiro atoms. The first-order valence-corrected chi connectivity index (χ1v) is 11.3. The van der Waals surface area contributed by atoms with Crippen molar-refractivity contribution >= 4 is 21.8 Å². The zero-order valence-corrected chi connectivity index (χ0v) is 16.6. The van der Waals surface area contributed by atoms with E-state index in [1.54, 1.807) is 0 Å². The van der Waals surface area contributed by atoms with E-state index in [1.807, 2.05) is 7.05 Å². The molecule has 0 radical (unpaired) electrons. The van der Waals surface area contributed by atoms with Gasteiger partial charge in [0, 0.05) is 18.3 Å². The summed E-state index contributed by atoms with van der Waals surface area (Å²) in [7, 11) is -1.72. The maximum absolute atomic E-state index is 12.5. The van der Waals surface area contributed by atoms with Gasteiger partial charge in [0.15, 0.2) is 0 Å². The summed E-state index contributed by atoms with van der Waals surface area (Å²) >= 11 is 0. The van der Waals surface area contributed by atoms with Crippen LogP contribution in [0.2, 0.25) is 0 Å². The van der Waals surface area contributed by atoms with E-state index in [0.29, 0.717) is 6.54 Å². The zero-order valence-electron chi connectivity index (χ0n) is 15.8. The number of nitrogens with zero attached hydrogens (tertiary/aromatic N) is 1. The van der Waals surface area contributed by atoms with Crippen molar-refractivity contribution in [3.05, 3.63) is 28.3 Å². The van der Waals surface area contributed by atoms with Crippen LogP contribution in [0.5, 0.6) is 0 Å². The molecule has 8 heteroatoms. The van der Waals surface area contributed by atoms with Crippen LogP contribution in [0.1, 0.15) is 41.5 Å². The van der Waals surface area contributed by atoms with Crippen molar-refractivity contribution in [3.63, 3.8) is 0 Å². The van der Waals surface area contributed by atoms with Gasteiger partial charge in [0.1, 0.15) is 0 Å². The summed E-state index contributed by atoms with van der Waals surface area (Å²) in [6.45, 7) is 1.31. The third-order valence-electron chi connectivity index (χ3n) is 5.87. The summed E-state index contributed by atoms with van der Waals surface area (Å²) in [6.07, 6.45) is 7.13. The summed E-state index contributed by atoms with van der Waals surface area (Å²) in [4.78, 5) is 14.6. The molecule has 3 N–H and O–H groups in total. The minimum Gasteiger partial charge on any atom is -0.324 e. The van der Waals surface area contributed by atoms with E-state index in [9.17, 15) is 13.2 Å². The molecule has 1 saturated heterocycles. The molecule has 7 nitrogen and oxygen atoms in total. The number of carbonyl (C=O) groups is 1. The molecule has 0 saturated carbocycles. The van der Waals surface area contributed by atoms with Crippen molar-refractivity contribution in [2.24, 2.45) is 0 Å². The third-order valence-corrected chi connectivity index (χ3v) is 7.04. The predicted molar refractivity (Wildman–Crippen MR) is 105 cm³/mol. The highest BCUT2D eigenvalue weighted by molar-refractivity contribution is 7.87. The molecule has 0 aromatic heterocycles. The number of carbonyl (C=O) groups excluding carboxylic acids is 1. The van der Waals surface area contributed by atoms with Gasteiger partial charge < -0.3 is 10.2 Å². The molecule has 1 unspecified atom stereocenters. The van der Waals surface area contributed by atoms with Gasteiger partial charge in [-0.2, -0.15) is 17.9 Å². The number of likely N-dealkylation sites (N-methyl/N-ethyl adjacent to an activating group) is 1. The van der Waals surface area contributed by atoms with E-state index in [-0.39, 0.29) is 18.5 Å². The van der Waals surface area contributed by atoms with Gasteiger partial charge in [-0.15, -0.1) is 0 Å². The van der Waals surface area contributed by atoms with Crippen LogP contribution in [0.15, 0.2) is 6.07 Å². The average molecular weight is 393 g/mol. The Labute approximate surface area is 161 Å². The minimum absolute atomic E-state index is 0.101. The minimum atomic E-state index is -3.69. The van der Waals surface area contributed by atoms with Crippen molar-refractivity contribution in [1.29, 1.82) is 0 Å². The summed E-state index contributed by atoms with van der Waals surface area (Å²) in [5.74, 6) is -0.307. The lowest BCUT2D eigenvalue weighted by atomic mass is 9.98. The quantitative estimate of drug-likeness (QED) is 0.666. The lowest BCUT2D eigenvalue weighted by Gasteiger charge is -2.17. The molecule has 1 fully saturated rings. The van der Waals surface area contributed by atoms with Crippen LogP contribution in [0.4, 0.5) is 5.69 Å². The Morgan fingerprint density at radius 2 is 1.81 bits per heavy atom. The maximum atomic E-state index is 12.5. The van der Waals surface area contributed by atoms with E-state index in [0.717, 1.165) is 57.2 Å². The first-order valence-electron chi connectivity index (χ1n) is 9.83. The normalized spacial score (nSPS) is 22.0. The van der Waals surface area contributed by atoms with Crippen molar-refractivity contribution < 1.29 is 13.2 Å². The number of aryl methyl sites for hydroxylation is 2. The molecule has 27 heavy (non-hydrogen) atoms. The molecule has 1 amide bonds. The average Bonchev–Trinajstić information content (AvgIpc) is 3.33. The van der Waals surface area contributed by atoms with E-state index in [1.165, 1.54) is 22.3 Å². The number of hydrogen-bond acceptors (Lipinski definition) is 4. The summed E-state index contributed by atoms with van der Waals surface area (Å²) in [6, 6.07) is 2.21. The Hall–Kier alpha value is -1.48. The largest absolute Gasteiger partial charge is 0.324 e. The first-order chi connectivity index (χ1) is 12.9. The highest BCUT2D eigenvalue weighted by atomic mass is 32.2. The third kappa shape index (κ3) is 4.18. The van der Waals surface area contributed by atoms with Gasteiger partial charge in [-0.1, -0.05) is 6.07 Å². The molecule has 1 heterocycles. The fourth-order valence-electron chi connectivity index (χ4n) is 4.60. The molecule has 1 aromatic carbocycles. The van der Waals surface area contributed by atoms with Crippen LogP contribution in [0.3, 0.4) is 0 Å². The van der Waals surface area contributed by atoms with Crippen LogP contribution in [0.25, 0.3) is 0 Å². The highest BCUT2D eigenvalue weighted by Crippen LogP contribution is 2.38. The number of rotatable bonds is 6. The highest BCUT2D eigenvalue weighted by Gasteiger charge is 2.26. The van der Waals surface area contributed by atoms with Crippen LogP contribution < -0.4 is 14.8 Å². The SMILES string of the molecule is CN1CCC(NS(=O)(=O)NCC(=O)Nc2c3c(cc4c2CCC4)CCC3)C1. The molecular weight excluding hydrogens is 364 g/mol. The fraction of sp³-hybridized carbons (Fsp3) is 0.632. The number of hydrogen-bond donors (Lipinski definition) is 3. The van der Waals surface area contributed by atoms with Crippen LogP contribution in [-0.2, 0) is 40.7 Å². The van der Waals surface area contributed by atoms with Crippen LogP contribution in [0, 0.1) is 0 Å². The Bertz CT molecular complexity index is 821. The molecule has 148 valence electrons. The van der Waals surface area contributed by atoms with E-state index in [2.05, 4.69) is 25.7 Å². The van der Waals surface area contributed by atoms with Gasteiger partial charge in [-0.25, -0.2) is 0 Å². The number of amides is 1. The predicted octanol–water partition coefficient (Wildman–Crippen LogP) is 0.731. The van der Waals surface area contributed by atoms with Gasteiger partial charge in [-0.3, -0.25) is 4.79 Å². The molecule has 2 aliphatic carbocycles. The van der Waals surface area contributed by atoms with Crippen molar-refractivity contribution in [2.45, 2.75) is 51.0 Å². The van der Waals surface area contributed by atoms with E-state index < -0.39 is 10.2 Å². The van der Waals surface area contributed by atoms with Crippen LogP contribution >= 0.6 is 0 Å². The Morgan fingerprint density at radius 1 is 1.15 bits per heavy atom. The zero-order chi connectivity index (χ0) is 19.0. The number of fused-ring (bicyclic) bond motifs is 2. The van der Waals surface area contributed by atoms with Gasteiger partial charge in [0.05, 0.1) is 6.54 Å². The Morgan fingerprint density at radius 3 is 2.41 bits per heavy atom. The Kier molecular flexibility index (Phi) is 5.24. The number of benzene rings is 1. The van der Waals surface area contributed by atoms with Crippen molar-refractivity contribution in [2.75, 3.05) is 32.0 Å². The monoisotopic (exact) mass is 392 g/mol. The van der Waals surface area contributed by atoms with Gasteiger partial charge >= 0.3 is 0 Å². The second-order valence-corrected chi connectivity index (χ2v) is 9.50. The van der Waals surface area contributed by atoms with E-state index >= 15 is 0 Å². The number of anilines is 1. The van der Waals surface area contributed by atoms with Gasteiger partial charge in [0.2, 0.25) is 5.91 Å². The van der Waals surface area contributed by atoms with Gasteiger partial charge in [-0.05, 0) is 80.8 Å². The molecule has 1 atom stereocenters. The summed E-state index contributed by atoms with van der Waals surface area (Å²) in [5.41, 5.74) is 6.14. The van der Waals surface area contributed by atoms with E-state index in [4.69, 9.17) is 0 Å². The Balaban J connectivity index is 1.39. The van der Waals surface area contributed by atoms with Crippen molar-refractivity contribution in [3.8, 4) is 0 Å². The second kappa shape index (κ2) is 7.50. The molecule has 1 aromatic rings. The smallest absolute Gasteiger partial charge is 0.277 e. The molecule has 3 aliphatic rings. The maximum Gasteiger partial charge on any atom is 0.277 e. The van der Waals surface area contributed by atoms with Crippen LogP contribution in [-0.4, -0.2) is 51.9 Å². The first kappa shape index (κ1) is 18.9. The van der Waals surface area contributed by atoms with Crippen molar-refractivity contribution in [1.82, 2.24) is 14.3 Å². The molecule has 0 bridgehead atoms. The number of nitrogens with one attached hydrogen (secondary N) is 3. The second-order valence-electron chi connectivity index (χ2n) is 7.97. The molecule has 4 rings (SSSR count). The number of likely N-dealkylation sites (tertiary alicyclic amines) is 1. The topological polar surface area (TPSA) is 90.5 Å². The standard InChI is InChI=1S/C19H28N4O3S/c1-23-9-8-15(12-23)22-27(25,26)20-11-18(24)21-19-16-6-2-4-13(16)10-14-5-3-7-17(14)19/h10,15,20,22H,2-9,11-12H2,1H3,(H,21,24). The summed E-state index contributed by atoms with van der Waals surface area (Å²) < 4.78 is 29.4. The molecular formula is C19H28N4O3S. The summed E-state index contributed by atoms with van der Waals surface area (Å²) in [5, 5.41) is 3.01.